The molecule has 0 amide bonds. The summed E-state index contributed by atoms with van der Waals surface area (Å²) in [6.07, 6.45) is 2.81. The first kappa shape index (κ1) is 8.31. The SMILES string of the molecule is C1CN[C@@H]2CNC[C@@H]2C1.Cl. The van der Waals surface area contributed by atoms with Crippen molar-refractivity contribution in [1.82, 2.24) is 10.6 Å². The maximum Gasteiger partial charge on any atom is 0.0232 e. The molecule has 0 spiro atoms. The lowest BCUT2D eigenvalue weighted by Crippen LogP contribution is -2.40. The molecule has 0 aromatic carbocycles. The summed E-state index contributed by atoms with van der Waals surface area (Å²) in [7, 11) is 0. The predicted molar refractivity (Wildman–Crippen MR) is 44.6 cm³/mol. The summed E-state index contributed by atoms with van der Waals surface area (Å²) >= 11 is 0. The van der Waals surface area contributed by atoms with Crippen molar-refractivity contribution in [2.45, 2.75) is 18.9 Å². The molecule has 2 rings (SSSR count). The summed E-state index contributed by atoms with van der Waals surface area (Å²) in [6.45, 7) is 3.69. The van der Waals surface area contributed by atoms with Gasteiger partial charge < -0.3 is 10.6 Å². The van der Waals surface area contributed by atoms with E-state index in [1.807, 2.05) is 0 Å². The molecule has 2 N–H and O–H groups in total. The van der Waals surface area contributed by atoms with Crippen molar-refractivity contribution in [3.05, 3.63) is 0 Å². The van der Waals surface area contributed by atoms with Gasteiger partial charge in [0.2, 0.25) is 0 Å². The largest absolute Gasteiger partial charge is 0.315 e. The van der Waals surface area contributed by atoms with E-state index in [0.29, 0.717) is 0 Å². The summed E-state index contributed by atoms with van der Waals surface area (Å²) in [5, 5.41) is 6.92. The molecule has 2 nitrogen and oxygen atoms in total. The molecule has 2 aliphatic rings. The van der Waals surface area contributed by atoms with Gasteiger partial charge in [-0.1, -0.05) is 0 Å². The number of hydrogen-bond donors (Lipinski definition) is 2. The zero-order valence-corrected chi connectivity index (χ0v) is 6.91. The lowest BCUT2D eigenvalue weighted by Gasteiger charge is -2.24. The van der Waals surface area contributed by atoms with E-state index in [2.05, 4.69) is 10.6 Å². The van der Waals surface area contributed by atoms with E-state index in [1.54, 1.807) is 0 Å². The molecule has 0 radical (unpaired) electrons. The molecule has 60 valence electrons. The molecule has 2 atom stereocenters. The summed E-state index contributed by atoms with van der Waals surface area (Å²) in [6, 6.07) is 0.804. The molecular weight excluding hydrogens is 148 g/mol. The van der Waals surface area contributed by atoms with Crippen LogP contribution in [0.2, 0.25) is 0 Å². The highest BCUT2D eigenvalue weighted by molar-refractivity contribution is 5.85. The Morgan fingerprint density at radius 2 is 2.10 bits per heavy atom. The topological polar surface area (TPSA) is 24.1 Å². The zero-order chi connectivity index (χ0) is 6.10. The fourth-order valence-corrected chi connectivity index (χ4v) is 1.93. The minimum absolute atomic E-state index is 0. The van der Waals surface area contributed by atoms with Crippen LogP contribution in [-0.4, -0.2) is 25.7 Å². The van der Waals surface area contributed by atoms with Crippen LogP contribution in [-0.2, 0) is 0 Å². The highest BCUT2D eigenvalue weighted by Crippen LogP contribution is 2.18. The Hall–Kier alpha value is 0.210. The van der Waals surface area contributed by atoms with Crippen LogP contribution in [0.4, 0.5) is 0 Å². The van der Waals surface area contributed by atoms with Gasteiger partial charge in [0.25, 0.3) is 0 Å². The zero-order valence-electron chi connectivity index (χ0n) is 6.10. The normalized spacial score (nSPS) is 38.4. The van der Waals surface area contributed by atoms with Crippen LogP contribution in [0, 0.1) is 5.92 Å². The molecule has 0 aliphatic carbocycles. The number of fused-ring (bicyclic) bond motifs is 1. The second-order valence-electron chi connectivity index (χ2n) is 3.12. The molecule has 2 aliphatic heterocycles. The molecule has 2 saturated heterocycles. The third-order valence-electron chi connectivity index (χ3n) is 2.50. The summed E-state index contributed by atoms with van der Waals surface area (Å²) < 4.78 is 0. The van der Waals surface area contributed by atoms with Crippen LogP contribution < -0.4 is 10.6 Å². The van der Waals surface area contributed by atoms with Crippen LogP contribution in [0.3, 0.4) is 0 Å². The second-order valence-corrected chi connectivity index (χ2v) is 3.12. The summed E-state index contributed by atoms with van der Waals surface area (Å²) in [4.78, 5) is 0. The molecule has 0 bridgehead atoms. The van der Waals surface area contributed by atoms with Crippen LogP contribution in [0.25, 0.3) is 0 Å². The van der Waals surface area contributed by atoms with Gasteiger partial charge in [-0.3, -0.25) is 0 Å². The fourth-order valence-electron chi connectivity index (χ4n) is 1.93. The highest BCUT2D eigenvalue weighted by atomic mass is 35.5. The molecule has 2 heterocycles. The van der Waals surface area contributed by atoms with Crippen molar-refractivity contribution in [1.29, 1.82) is 0 Å². The Morgan fingerprint density at radius 1 is 1.20 bits per heavy atom. The maximum absolute atomic E-state index is 3.52. The van der Waals surface area contributed by atoms with E-state index in [-0.39, 0.29) is 12.4 Å². The van der Waals surface area contributed by atoms with E-state index in [1.165, 1.54) is 32.5 Å². The van der Waals surface area contributed by atoms with Crippen molar-refractivity contribution in [3.8, 4) is 0 Å². The first-order chi connectivity index (χ1) is 4.47. The Bertz CT molecular complexity index is 95.8. The molecular formula is C7H15ClN2. The highest BCUT2D eigenvalue weighted by Gasteiger charge is 2.28. The molecule has 2 fully saturated rings. The predicted octanol–water partition coefficient (Wildman–Crippen LogP) is 0.380. The Morgan fingerprint density at radius 3 is 2.90 bits per heavy atom. The van der Waals surface area contributed by atoms with Crippen molar-refractivity contribution in [3.63, 3.8) is 0 Å². The number of hydrogen-bond acceptors (Lipinski definition) is 2. The van der Waals surface area contributed by atoms with Crippen LogP contribution >= 0.6 is 12.4 Å². The van der Waals surface area contributed by atoms with Gasteiger partial charge in [-0.25, -0.2) is 0 Å². The summed E-state index contributed by atoms with van der Waals surface area (Å²) in [5.74, 6) is 0.943. The third-order valence-corrected chi connectivity index (χ3v) is 2.50. The number of nitrogens with one attached hydrogen (secondary N) is 2. The first-order valence-electron chi connectivity index (χ1n) is 3.91. The lowest BCUT2D eigenvalue weighted by molar-refractivity contribution is 0.339. The van der Waals surface area contributed by atoms with Gasteiger partial charge in [0.1, 0.15) is 0 Å². The average Bonchev–Trinajstić information content (AvgIpc) is 2.33. The molecule has 0 saturated carbocycles. The van der Waals surface area contributed by atoms with E-state index >= 15 is 0 Å². The van der Waals surface area contributed by atoms with Gasteiger partial charge in [-0.05, 0) is 31.8 Å². The lowest BCUT2D eigenvalue weighted by atomic mass is 9.94. The molecule has 3 heteroatoms. The molecule has 0 unspecified atom stereocenters. The smallest absolute Gasteiger partial charge is 0.0232 e. The second kappa shape index (κ2) is 3.56. The third kappa shape index (κ3) is 1.44. The Kier molecular flexibility index (Phi) is 2.96. The average molecular weight is 163 g/mol. The van der Waals surface area contributed by atoms with E-state index in [0.717, 1.165) is 12.0 Å². The van der Waals surface area contributed by atoms with E-state index in [9.17, 15) is 0 Å². The first-order valence-corrected chi connectivity index (χ1v) is 3.91. The van der Waals surface area contributed by atoms with Gasteiger partial charge in [0, 0.05) is 12.6 Å². The van der Waals surface area contributed by atoms with Gasteiger partial charge in [-0.2, -0.15) is 0 Å². The van der Waals surface area contributed by atoms with Crippen molar-refractivity contribution < 1.29 is 0 Å². The fraction of sp³-hybridized carbons (Fsp3) is 1.00. The van der Waals surface area contributed by atoms with Crippen molar-refractivity contribution in [2.75, 3.05) is 19.6 Å². The quantitative estimate of drug-likeness (QED) is 0.538. The monoisotopic (exact) mass is 162 g/mol. The van der Waals surface area contributed by atoms with Gasteiger partial charge in [0.15, 0.2) is 0 Å². The van der Waals surface area contributed by atoms with Gasteiger partial charge in [0.05, 0.1) is 0 Å². The van der Waals surface area contributed by atoms with Gasteiger partial charge in [-0.15, -0.1) is 12.4 Å². The standard InChI is InChI=1S/C7H14N2.ClH/c1-2-6-4-8-5-7(6)9-3-1;/h6-9H,1-5H2;1H/t6-,7+;/m0./s1. The minimum atomic E-state index is 0. The molecule has 0 aromatic rings. The van der Waals surface area contributed by atoms with Gasteiger partial charge >= 0.3 is 0 Å². The van der Waals surface area contributed by atoms with Crippen molar-refractivity contribution in [2.24, 2.45) is 5.92 Å². The van der Waals surface area contributed by atoms with Crippen LogP contribution in [0.15, 0.2) is 0 Å². The number of rotatable bonds is 0. The van der Waals surface area contributed by atoms with E-state index in [4.69, 9.17) is 0 Å². The number of piperidine rings is 1. The minimum Gasteiger partial charge on any atom is -0.315 e. The Labute approximate surface area is 68.2 Å². The molecule has 10 heavy (non-hydrogen) atoms. The number of halogens is 1. The molecule has 0 aromatic heterocycles. The summed E-state index contributed by atoms with van der Waals surface area (Å²) in [5.41, 5.74) is 0. The Balaban J connectivity index is 0.000000500. The van der Waals surface area contributed by atoms with Crippen LogP contribution in [0.5, 0.6) is 0 Å². The van der Waals surface area contributed by atoms with Crippen molar-refractivity contribution >= 4 is 12.4 Å². The maximum atomic E-state index is 3.52. The van der Waals surface area contributed by atoms with E-state index < -0.39 is 0 Å². The van der Waals surface area contributed by atoms with Crippen LogP contribution in [0.1, 0.15) is 12.8 Å².